The normalized spacial score (nSPS) is 12.7. The molecule has 0 aliphatic heterocycles. The first-order chi connectivity index (χ1) is 9.65. The van der Waals surface area contributed by atoms with Crippen molar-refractivity contribution in [1.82, 2.24) is 24.7 Å². The lowest BCUT2D eigenvalue weighted by Crippen LogP contribution is -2.25. The molecule has 0 radical (unpaired) electrons. The van der Waals surface area contributed by atoms with Crippen LogP contribution in [0.5, 0.6) is 0 Å². The first kappa shape index (κ1) is 12.5. The molecule has 0 aliphatic rings. The summed E-state index contributed by atoms with van der Waals surface area (Å²) in [6.07, 6.45) is 3.86. The molecule has 0 unspecified atom stereocenters. The maximum atomic E-state index is 12.4. The van der Waals surface area contributed by atoms with Crippen LogP contribution >= 0.6 is 0 Å². The van der Waals surface area contributed by atoms with Gasteiger partial charge in [-0.1, -0.05) is 0 Å². The summed E-state index contributed by atoms with van der Waals surface area (Å²) in [4.78, 5) is 20.8. The molecule has 6 nitrogen and oxygen atoms in total. The Hall–Kier alpha value is -2.50. The second-order valence-electron chi connectivity index (χ2n) is 4.92. The van der Waals surface area contributed by atoms with Crippen LogP contribution in [0.3, 0.4) is 0 Å². The van der Waals surface area contributed by atoms with Gasteiger partial charge in [-0.15, -0.1) is 0 Å². The van der Waals surface area contributed by atoms with Crippen molar-refractivity contribution in [3.8, 4) is 0 Å². The third-order valence-corrected chi connectivity index (χ3v) is 3.28. The van der Waals surface area contributed by atoms with Crippen LogP contribution in [0, 0.1) is 6.92 Å². The molecule has 3 rings (SSSR count). The Morgan fingerprint density at radius 3 is 3.00 bits per heavy atom. The summed E-state index contributed by atoms with van der Waals surface area (Å²) < 4.78 is 1.61. The Bertz CT molecular complexity index is 804. The van der Waals surface area contributed by atoms with Crippen LogP contribution in [0.2, 0.25) is 0 Å². The van der Waals surface area contributed by atoms with E-state index in [1.165, 1.54) is 0 Å². The standard InChI is InChI=1S/C14H15N5O/c1-9-6-11(18-17-9)7-10(2)19-8-16-12-4-3-5-15-13(12)14(19)20/h3-6,8,10H,7H2,1-2H3,(H,17,18)/t10-/m1/s1. The molecule has 6 heteroatoms. The van der Waals surface area contributed by atoms with Crippen LogP contribution < -0.4 is 5.56 Å². The van der Waals surface area contributed by atoms with E-state index in [1.54, 1.807) is 29.2 Å². The predicted molar refractivity (Wildman–Crippen MR) is 75.5 cm³/mol. The fourth-order valence-corrected chi connectivity index (χ4v) is 2.26. The largest absolute Gasteiger partial charge is 0.294 e. The molecule has 0 bridgehead atoms. The number of fused-ring (bicyclic) bond motifs is 1. The van der Waals surface area contributed by atoms with E-state index in [1.807, 2.05) is 19.9 Å². The summed E-state index contributed by atoms with van der Waals surface area (Å²) in [7, 11) is 0. The zero-order valence-corrected chi connectivity index (χ0v) is 11.4. The molecule has 0 saturated carbocycles. The smallest absolute Gasteiger partial charge is 0.280 e. The Morgan fingerprint density at radius 2 is 2.25 bits per heavy atom. The quantitative estimate of drug-likeness (QED) is 0.784. The first-order valence-corrected chi connectivity index (χ1v) is 6.48. The van der Waals surface area contributed by atoms with Crippen LogP contribution in [-0.2, 0) is 6.42 Å². The van der Waals surface area contributed by atoms with Crippen molar-refractivity contribution in [2.24, 2.45) is 0 Å². The van der Waals surface area contributed by atoms with E-state index in [2.05, 4.69) is 20.2 Å². The zero-order valence-electron chi connectivity index (χ0n) is 11.4. The van der Waals surface area contributed by atoms with E-state index in [0.29, 0.717) is 17.5 Å². The van der Waals surface area contributed by atoms with E-state index < -0.39 is 0 Å². The number of rotatable bonds is 3. The highest BCUT2D eigenvalue weighted by Crippen LogP contribution is 2.12. The molecule has 0 amide bonds. The lowest BCUT2D eigenvalue weighted by atomic mass is 10.1. The van der Waals surface area contributed by atoms with E-state index in [4.69, 9.17) is 0 Å². The van der Waals surface area contributed by atoms with Gasteiger partial charge < -0.3 is 0 Å². The zero-order chi connectivity index (χ0) is 14.1. The van der Waals surface area contributed by atoms with Gasteiger partial charge in [0, 0.05) is 24.4 Å². The topological polar surface area (TPSA) is 76.5 Å². The minimum atomic E-state index is -0.115. The predicted octanol–water partition coefficient (Wildman–Crippen LogP) is 1.63. The number of aromatic amines is 1. The number of aryl methyl sites for hydroxylation is 1. The maximum absolute atomic E-state index is 12.4. The summed E-state index contributed by atoms with van der Waals surface area (Å²) in [5, 5.41) is 7.10. The van der Waals surface area contributed by atoms with Crippen LogP contribution in [0.25, 0.3) is 11.0 Å². The highest BCUT2D eigenvalue weighted by Gasteiger charge is 2.12. The average molecular weight is 269 g/mol. The number of H-pyrrole nitrogens is 1. The van der Waals surface area contributed by atoms with Gasteiger partial charge in [-0.25, -0.2) is 9.97 Å². The second-order valence-corrected chi connectivity index (χ2v) is 4.92. The number of hydrogen-bond acceptors (Lipinski definition) is 4. The molecule has 102 valence electrons. The van der Waals surface area contributed by atoms with E-state index >= 15 is 0 Å². The first-order valence-electron chi connectivity index (χ1n) is 6.48. The Labute approximate surface area is 115 Å². The Kier molecular flexibility index (Phi) is 3.06. The molecule has 1 atom stereocenters. The lowest BCUT2D eigenvalue weighted by molar-refractivity contribution is 0.516. The summed E-state index contributed by atoms with van der Waals surface area (Å²) >= 11 is 0. The van der Waals surface area contributed by atoms with Crippen molar-refractivity contribution < 1.29 is 0 Å². The third-order valence-electron chi connectivity index (χ3n) is 3.28. The number of aromatic nitrogens is 5. The van der Waals surface area contributed by atoms with E-state index in [9.17, 15) is 4.79 Å². The number of nitrogens with zero attached hydrogens (tertiary/aromatic N) is 4. The SMILES string of the molecule is Cc1cc(C[C@@H](C)n2cnc3cccnc3c2=O)n[nH]1. The highest BCUT2D eigenvalue weighted by molar-refractivity contribution is 5.71. The molecule has 0 aliphatic carbocycles. The van der Waals surface area contributed by atoms with Gasteiger partial charge in [0.25, 0.3) is 5.56 Å². The van der Waals surface area contributed by atoms with Crippen molar-refractivity contribution in [2.75, 3.05) is 0 Å². The minimum absolute atomic E-state index is 0.0240. The Morgan fingerprint density at radius 1 is 1.40 bits per heavy atom. The van der Waals surface area contributed by atoms with Gasteiger partial charge in [-0.2, -0.15) is 5.10 Å². The van der Waals surface area contributed by atoms with Gasteiger partial charge in [0.15, 0.2) is 5.52 Å². The van der Waals surface area contributed by atoms with Crippen molar-refractivity contribution in [3.63, 3.8) is 0 Å². The van der Waals surface area contributed by atoms with Gasteiger partial charge in [0.05, 0.1) is 17.5 Å². The van der Waals surface area contributed by atoms with Gasteiger partial charge in [-0.05, 0) is 32.0 Å². The molecule has 3 heterocycles. The number of pyridine rings is 1. The summed E-state index contributed by atoms with van der Waals surface area (Å²) in [5.74, 6) is 0. The average Bonchev–Trinajstić information content (AvgIpc) is 2.84. The Balaban J connectivity index is 1.97. The number of hydrogen-bond donors (Lipinski definition) is 1. The molecule has 0 aromatic carbocycles. The van der Waals surface area contributed by atoms with Crippen molar-refractivity contribution in [2.45, 2.75) is 26.3 Å². The monoisotopic (exact) mass is 269 g/mol. The van der Waals surface area contributed by atoms with Crippen LogP contribution in [0.1, 0.15) is 24.4 Å². The molecule has 3 aromatic heterocycles. The van der Waals surface area contributed by atoms with E-state index in [-0.39, 0.29) is 11.6 Å². The van der Waals surface area contributed by atoms with Gasteiger partial charge in [0.2, 0.25) is 0 Å². The third kappa shape index (κ3) is 2.20. The van der Waals surface area contributed by atoms with Crippen molar-refractivity contribution in [3.05, 3.63) is 52.5 Å². The molecular weight excluding hydrogens is 254 g/mol. The lowest BCUT2D eigenvalue weighted by Gasteiger charge is -2.13. The van der Waals surface area contributed by atoms with Crippen LogP contribution in [0.4, 0.5) is 0 Å². The van der Waals surface area contributed by atoms with Crippen LogP contribution in [0.15, 0.2) is 35.5 Å². The molecule has 0 fully saturated rings. The fraction of sp³-hybridized carbons (Fsp3) is 0.286. The summed E-state index contributed by atoms with van der Waals surface area (Å²) in [6.45, 7) is 3.93. The molecule has 1 N–H and O–H groups in total. The highest BCUT2D eigenvalue weighted by atomic mass is 16.1. The second kappa shape index (κ2) is 4.88. The molecule has 20 heavy (non-hydrogen) atoms. The van der Waals surface area contributed by atoms with Gasteiger partial charge in [0.1, 0.15) is 0 Å². The minimum Gasteiger partial charge on any atom is -0.294 e. The van der Waals surface area contributed by atoms with Crippen molar-refractivity contribution >= 4 is 11.0 Å². The molecule has 3 aromatic rings. The molecule has 0 saturated heterocycles. The van der Waals surface area contributed by atoms with E-state index in [0.717, 1.165) is 11.4 Å². The number of nitrogens with one attached hydrogen (secondary N) is 1. The summed E-state index contributed by atoms with van der Waals surface area (Å²) in [5.41, 5.74) is 2.85. The van der Waals surface area contributed by atoms with Crippen LogP contribution in [-0.4, -0.2) is 24.7 Å². The molecular formula is C14H15N5O. The van der Waals surface area contributed by atoms with Gasteiger partial charge in [-0.3, -0.25) is 14.5 Å². The molecule has 0 spiro atoms. The van der Waals surface area contributed by atoms with Crippen molar-refractivity contribution in [1.29, 1.82) is 0 Å². The van der Waals surface area contributed by atoms with Gasteiger partial charge >= 0.3 is 0 Å². The maximum Gasteiger partial charge on any atom is 0.280 e. The summed E-state index contributed by atoms with van der Waals surface area (Å²) in [6, 6.07) is 5.52. The fourth-order valence-electron chi connectivity index (χ4n) is 2.26.